The van der Waals surface area contributed by atoms with Crippen molar-refractivity contribution in [3.63, 3.8) is 0 Å². The molecule has 1 fully saturated rings. The highest BCUT2D eigenvalue weighted by molar-refractivity contribution is 6.46. The van der Waals surface area contributed by atoms with Gasteiger partial charge in [-0.05, 0) is 31.8 Å². The lowest BCUT2D eigenvalue weighted by atomic mass is 9.95. The number of aliphatic hydroxyl groups excluding tert-OH is 1. The Morgan fingerprint density at radius 1 is 1.04 bits per heavy atom. The van der Waals surface area contributed by atoms with E-state index in [2.05, 4.69) is 0 Å². The van der Waals surface area contributed by atoms with Crippen LogP contribution in [-0.2, 0) is 9.59 Å². The molecular formula is C21H22N2O4. The van der Waals surface area contributed by atoms with Crippen molar-refractivity contribution in [3.05, 3.63) is 71.3 Å². The molecule has 2 aromatic carbocycles. The van der Waals surface area contributed by atoms with E-state index in [0.29, 0.717) is 24.2 Å². The van der Waals surface area contributed by atoms with E-state index >= 15 is 0 Å². The summed E-state index contributed by atoms with van der Waals surface area (Å²) < 4.78 is 0. The molecule has 6 heteroatoms. The molecule has 0 saturated carbocycles. The minimum absolute atomic E-state index is 0.0654. The third kappa shape index (κ3) is 3.71. The fourth-order valence-corrected chi connectivity index (χ4v) is 3.17. The zero-order valence-electron chi connectivity index (χ0n) is 15.3. The van der Waals surface area contributed by atoms with Crippen LogP contribution in [0.25, 0.3) is 5.76 Å². The molecule has 140 valence electrons. The van der Waals surface area contributed by atoms with Gasteiger partial charge in [0.2, 0.25) is 0 Å². The van der Waals surface area contributed by atoms with Crippen LogP contribution in [0.3, 0.4) is 0 Å². The van der Waals surface area contributed by atoms with Crippen LogP contribution in [0.5, 0.6) is 5.75 Å². The van der Waals surface area contributed by atoms with Crippen molar-refractivity contribution >= 4 is 17.4 Å². The number of nitrogens with zero attached hydrogens (tertiary/aromatic N) is 2. The Kier molecular flexibility index (Phi) is 5.28. The average molecular weight is 366 g/mol. The summed E-state index contributed by atoms with van der Waals surface area (Å²) >= 11 is 0. The molecule has 0 spiro atoms. The number of aromatic hydroxyl groups is 1. The first-order chi connectivity index (χ1) is 12.9. The van der Waals surface area contributed by atoms with E-state index in [4.69, 9.17) is 0 Å². The predicted octanol–water partition coefficient (Wildman–Crippen LogP) is 2.38. The number of carbonyl (C=O) groups is 2. The van der Waals surface area contributed by atoms with E-state index in [9.17, 15) is 19.8 Å². The van der Waals surface area contributed by atoms with E-state index in [0.717, 1.165) is 0 Å². The quantitative estimate of drug-likeness (QED) is 0.482. The number of hydrogen-bond acceptors (Lipinski definition) is 5. The van der Waals surface area contributed by atoms with Crippen LogP contribution in [-0.4, -0.2) is 58.9 Å². The summed E-state index contributed by atoms with van der Waals surface area (Å²) in [5.41, 5.74) is 1.20. The lowest BCUT2D eigenvalue weighted by molar-refractivity contribution is -0.140. The third-order valence-corrected chi connectivity index (χ3v) is 4.58. The molecule has 2 N–H and O–H groups in total. The van der Waals surface area contributed by atoms with Gasteiger partial charge in [-0.15, -0.1) is 0 Å². The van der Waals surface area contributed by atoms with Crippen molar-refractivity contribution in [3.8, 4) is 5.75 Å². The zero-order chi connectivity index (χ0) is 19.6. The van der Waals surface area contributed by atoms with E-state index in [1.807, 2.05) is 25.1 Å². The van der Waals surface area contributed by atoms with Crippen LogP contribution in [0.2, 0.25) is 0 Å². The first-order valence-electron chi connectivity index (χ1n) is 8.67. The number of ketones is 1. The van der Waals surface area contributed by atoms with Crippen molar-refractivity contribution in [1.82, 2.24) is 9.80 Å². The Morgan fingerprint density at radius 2 is 1.67 bits per heavy atom. The lowest BCUT2D eigenvalue weighted by Crippen LogP contribution is -2.35. The molecule has 2 aromatic rings. The van der Waals surface area contributed by atoms with Gasteiger partial charge in [0.1, 0.15) is 11.5 Å². The van der Waals surface area contributed by atoms with Crippen molar-refractivity contribution in [1.29, 1.82) is 0 Å². The molecule has 1 saturated heterocycles. The maximum atomic E-state index is 12.8. The summed E-state index contributed by atoms with van der Waals surface area (Å²) in [5, 5.41) is 20.4. The Bertz CT molecular complexity index is 873. The maximum absolute atomic E-state index is 12.8. The number of likely N-dealkylation sites (tertiary alicyclic amines) is 1. The van der Waals surface area contributed by atoms with Gasteiger partial charge >= 0.3 is 0 Å². The van der Waals surface area contributed by atoms with E-state index < -0.39 is 17.7 Å². The summed E-state index contributed by atoms with van der Waals surface area (Å²) in [5.74, 6) is -1.44. The van der Waals surface area contributed by atoms with Gasteiger partial charge in [-0.3, -0.25) is 9.59 Å². The molecule has 27 heavy (non-hydrogen) atoms. The van der Waals surface area contributed by atoms with Crippen molar-refractivity contribution < 1.29 is 19.8 Å². The molecule has 0 radical (unpaired) electrons. The number of likely N-dealkylation sites (N-methyl/N-ethyl adjacent to an activating group) is 1. The number of phenols is 1. The van der Waals surface area contributed by atoms with Crippen LogP contribution in [0.1, 0.15) is 17.2 Å². The molecule has 0 bridgehead atoms. The topological polar surface area (TPSA) is 81.1 Å². The number of hydrogen-bond donors (Lipinski definition) is 2. The number of aliphatic hydroxyl groups is 1. The standard InChI is InChI=1S/C21H22N2O4/c1-22(2)12-13-23-18(14-8-10-16(24)11-9-14)17(20(26)21(23)27)19(25)15-6-4-3-5-7-15/h3-11,18,24-25H,12-13H2,1-2H3/b19-17+. The SMILES string of the molecule is CN(C)CCN1C(=O)C(=O)/C(=C(/O)c2ccccc2)C1c1ccc(O)cc1. The summed E-state index contributed by atoms with van der Waals surface area (Å²) in [4.78, 5) is 28.8. The van der Waals surface area contributed by atoms with Crippen LogP contribution in [0, 0.1) is 0 Å². The first-order valence-corrected chi connectivity index (χ1v) is 8.67. The Balaban J connectivity index is 2.13. The molecule has 1 unspecified atom stereocenters. The maximum Gasteiger partial charge on any atom is 0.295 e. The number of phenolic OH excluding ortho intramolecular Hbond substituents is 1. The first kappa shape index (κ1) is 18.7. The Labute approximate surface area is 158 Å². The summed E-state index contributed by atoms with van der Waals surface area (Å²) in [7, 11) is 3.77. The van der Waals surface area contributed by atoms with E-state index in [1.165, 1.54) is 17.0 Å². The number of rotatable bonds is 5. The monoisotopic (exact) mass is 366 g/mol. The zero-order valence-corrected chi connectivity index (χ0v) is 15.3. The van der Waals surface area contributed by atoms with E-state index in [-0.39, 0.29) is 17.1 Å². The normalized spacial score (nSPS) is 19.1. The highest BCUT2D eigenvalue weighted by atomic mass is 16.3. The predicted molar refractivity (Wildman–Crippen MR) is 102 cm³/mol. The molecule has 1 heterocycles. The van der Waals surface area contributed by atoms with Crippen molar-refractivity contribution in [2.75, 3.05) is 27.2 Å². The number of carbonyl (C=O) groups excluding carboxylic acids is 2. The van der Waals surface area contributed by atoms with Crippen molar-refractivity contribution in [2.45, 2.75) is 6.04 Å². The van der Waals surface area contributed by atoms with Gasteiger partial charge < -0.3 is 20.0 Å². The smallest absolute Gasteiger partial charge is 0.295 e. The molecule has 1 atom stereocenters. The van der Waals surface area contributed by atoms with Crippen LogP contribution in [0.15, 0.2) is 60.2 Å². The van der Waals surface area contributed by atoms with Gasteiger partial charge in [-0.1, -0.05) is 42.5 Å². The Morgan fingerprint density at radius 3 is 2.26 bits per heavy atom. The molecule has 0 aromatic heterocycles. The molecule has 3 rings (SSSR count). The molecular weight excluding hydrogens is 344 g/mol. The summed E-state index contributed by atoms with van der Waals surface area (Å²) in [6.07, 6.45) is 0. The van der Waals surface area contributed by atoms with Gasteiger partial charge in [0.15, 0.2) is 0 Å². The molecule has 6 nitrogen and oxygen atoms in total. The fourth-order valence-electron chi connectivity index (χ4n) is 3.17. The minimum Gasteiger partial charge on any atom is -0.508 e. The number of amides is 1. The third-order valence-electron chi connectivity index (χ3n) is 4.58. The summed E-state index contributed by atoms with van der Waals surface area (Å²) in [6, 6.07) is 14.3. The molecule has 1 amide bonds. The fraction of sp³-hybridized carbons (Fsp3) is 0.238. The molecule has 0 aliphatic carbocycles. The Hall–Kier alpha value is -3.12. The van der Waals surface area contributed by atoms with Gasteiger partial charge in [0.05, 0.1) is 11.6 Å². The molecule has 1 aliphatic rings. The lowest BCUT2D eigenvalue weighted by Gasteiger charge is -2.26. The number of Topliss-reactive ketones (excluding diaryl/α,β-unsaturated/α-hetero) is 1. The van der Waals surface area contributed by atoms with Crippen LogP contribution in [0.4, 0.5) is 0 Å². The second-order valence-electron chi connectivity index (χ2n) is 6.75. The average Bonchev–Trinajstić information content (AvgIpc) is 2.91. The van der Waals surface area contributed by atoms with E-state index in [1.54, 1.807) is 36.4 Å². The minimum atomic E-state index is -0.703. The second-order valence-corrected chi connectivity index (χ2v) is 6.75. The highest BCUT2D eigenvalue weighted by Crippen LogP contribution is 2.39. The van der Waals surface area contributed by atoms with Gasteiger partial charge in [0, 0.05) is 18.7 Å². The summed E-state index contributed by atoms with van der Waals surface area (Å²) in [6.45, 7) is 0.918. The van der Waals surface area contributed by atoms with Crippen molar-refractivity contribution in [2.24, 2.45) is 0 Å². The largest absolute Gasteiger partial charge is 0.508 e. The second kappa shape index (κ2) is 7.63. The molecule has 1 aliphatic heterocycles. The number of benzene rings is 2. The highest BCUT2D eigenvalue weighted by Gasteiger charge is 2.45. The van der Waals surface area contributed by atoms with Gasteiger partial charge in [0.25, 0.3) is 11.7 Å². The van der Waals surface area contributed by atoms with Crippen LogP contribution < -0.4 is 0 Å². The van der Waals surface area contributed by atoms with Gasteiger partial charge in [-0.2, -0.15) is 0 Å². The van der Waals surface area contributed by atoms with Gasteiger partial charge in [-0.25, -0.2) is 0 Å². The van der Waals surface area contributed by atoms with Crippen LogP contribution >= 0.6 is 0 Å².